The highest BCUT2D eigenvalue weighted by Gasteiger charge is 2.36. The van der Waals surface area contributed by atoms with E-state index < -0.39 is 36.4 Å². The van der Waals surface area contributed by atoms with Crippen LogP contribution in [0, 0.1) is 11.8 Å². The number of carboxylic acids is 1. The fourth-order valence-corrected chi connectivity index (χ4v) is 2.30. The van der Waals surface area contributed by atoms with Gasteiger partial charge in [-0.25, -0.2) is 0 Å². The molecule has 0 radical (unpaired) electrons. The van der Waals surface area contributed by atoms with E-state index in [1.54, 1.807) is 0 Å². The van der Waals surface area contributed by atoms with E-state index in [-0.39, 0.29) is 6.42 Å². The van der Waals surface area contributed by atoms with E-state index in [2.05, 4.69) is 0 Å². The molecule has 1 fully saturated rings. The molecule has 0 aromatic rings. The van der Waals surface area contributed by atoms with Crippen LogP contribution in [0.2, 0.25) is 0 Å². The van der Waals surface area contributed by atoms with E-state index in [1.165, 1.54) is 0 Å². The van der Waals surface area contributed by atoms with E-state index in [0.717, 1.165) is 7.05 Å². The first kappa shape index (κ1) is 14.8. The van der Waals surface area contributed by atoms with E-state index in [1.807, 2.05) is 0 Å². The van der Waals surface area contributed by atoms with Gasteiger partial charge >= 0.3 is 12.1 Å². The van der Waals surface area contributed by atoms with Crippen molar-refractivity contribution in [3.8, 4) is 0 Å². The Kier molecular flexibility index (Phi) is 4.59. The maximum atomic E-state index is 12.2. The zero-order valence-electron chi connectivity index (χ0n) is 10.0. The van der Waals surface area contributed by atoms with Crippen molar-refractivity contribution in [2.24, 2.45) is 11.8 Å². The van der Waals surface area contributed by atoms with E-state index in [0.29, 0.717) is 24.2 Å². The smallest absolute Gasteiger partial charge is 0.406 e. The molecule has 0 aromatic carbocycles. The first-order valence-electron chi connectivity index (χ1n) is 5.75. The van der Waals surface area contributed by atoms with E-state index in [4.69, 9.17) is 5.11 Å². The molecule has 0 heterocycles. The van der Waals surface area contributed by atoms with Crippen LogP contribution in [0.1, 0.15) is 25.7 Å². The first-order chi connectivity index (χ1) is 8.20. The summed E-state index contributed by atoms with van der Waals surface area (Å²) >= 11 is 0. The molecular formula is C11H16F3NO3. The number of halogens is 3. The lowest BCUT2D eigenvalue weighted by atomic mass is 9.81. The molecule has 0 unspecified atom stereocenters. The Balaban J connectivity index is 2.58. The van der Waals surface area contributed by atoms with Crippen LogP contribution in [0.5, 0.6) is 0 Å². The molecule has 0 spiro atoms. The van der Waals surface area contributed by atoms with Gasteiger partial charge in [-0.1, -0.05) is 6.42 Å². The molecule has 1 aliphatic carbocycles. The molecule has 1 rings (SSSR count). The molecule has 0 bridgehead atoms. The van der Waals surface area contributed by atoms with Gasteiger partial charge in [0.05, 0.1) is 5.92 Å². The summed E-state index contributed by atoms with van der Waals surface area (Å²) in [6.45, 7) is -1.29. The summed E-state index contributed by atoms with van der Waals surface area (Å²) < 4.78 is 36.5. The van der Waals surface area contributed by atoms with E-state index in [9.17, 15) is 22.8 Å². The molecule has 0 aromatic heterocycles. The third kappa shape index (κ3) is 4.19. The van der Waals surface area contributed by atoms with Crippen molar-refractivity contribution >= 4 is 11.9 Å². The topological polar surface area (TPSA) is 57.6 Å². The summed E-state index contributed by atoms with van der Waals surface area (Å²) in [5.41, 5.74) is 0. The molecular weight excluding hydrogens is 251 g/mol. The summed E-state index contributed by atoms with van der Waals surface area (Å²) in [7, 11) is 1.10. The van der Waals surface area contributed by atoms with Crippen LogP contribution in [-0.2, 0) is 9.59 Å². The van der Waals surface area contributed by atoms with Crippen molar-refractivity contribution in [3.63, 3.8) is 0 Å². The van der Waals surface area contributed by atoms with Crippen molar-refractivity contribution in [2.75, 3.05) is 13.6 Å². The number of alkyl halides is 3. The van der Waals surface area contributed by atoms with Crippen molar-refractivity contribution in [3.05, 3.63) is 0 Å². The number of carboxylic acid groups (broad SMARTS) is 1. The number of aliphatic carboxylic acids is 1. The molecule has 0 aliphatic heterocycles. The van der Waals surface area contributed by atoms with Gasteiger partial charge in [-0.05, 0) is 19.3 Å². The Hall–Kier alpha value is -1.27. The van der Waals surface area contributed by atoms with Gasteiger partial charge in [0.1, 0.15) is 6.54 Å². The molecule has 0 saturated heterocycles. The lowest BCUT2D eigenvalue weighted by Crippen LogP contribution is -2.41. The number of hydrogen-bond donors (Lipinski definition) is 1. The predicted molar refractivity (Wildman–Crippen MR) is 56.8 cm³/mol. The molecule has 4 nitrogen and oxygen atoms in total. The fraction of sp³-hybridized carbons (Fsp3) is 0.818. The van der Waals surface area contributed by atoms with Gasteiger partial charge in [-0.15, -0.1) is 0 Å². The van der Waals surface area contributed by atoms with Crippen molar-refractivity contribution in [1.29, 1.82) is 0 Å². The quantitative estimate of drug-likeness (QED) is 0.849. The highest BCUT2D eigenvalue weighted by atomic mass is 19.4. The summed E-state index contributed by atoms with van der Waals surface area (Å²) in [5.74, 6) is -2.82. The summed E-state index contributed by atoms with van der Waals surface area (Å²) in [5, 5.41) is 8.86. The minimum Gasteiger partial charge on any atom is -0.481 e. The predicted octanol–water partition coefficient (Wildman–Crippen LogP) is 1.90. The molecule has 7 heteroatoms. The van der Waals surface area contributed by atoms with Gasteiger partial charge < -0.3 is 10.0 Å². The maximum absolute atomic E-state index is 12.2. The normalized spacial score (nSPS) is 24.7. The van der Waals surface area contributed by atoms with Crippen LogP contribution in [0.25, 0.3) is 0 Å². The third-order valence-corrected chi connectivity index (χ3v) is 3.17. The Labute approximate surface area is 103 Å². The Bertz CT molecular complexity index is 330. The van der Waals surface area contributed by atoms with Crippen LogP contribution in [0.15, 0.2) is 0 Å². The van der Waals surface area contributed by atoms with Gasteiger partial charge in [0, 0.05) is 13.0 Å². The zero-order chi connectivity index (χ0) is 13.9. The number of nitrogens with zero attached hydrogens (tertiary/aromatic N) is 1. The first-order valence-corrected chi connectivity index (χ1v) is 5.75. The summed E-state index contributed by atoms with van der Waals surface area (Å²) in [4.78, 5) is 23.2. The fourth-order valence-electron chi connectivity index (χ4n) is 2.30. The van der Waals surface area contributed by atoms with Crippen LogP contribution in [0.3, 0.4) is 0 Å². The molecule has 18 heavy (non-hydrogen) atoms. The molecule has 1 aliphatic rings. The number of rotatable bonds is 3. The number of carbonyl (C=O) groups excluding carboxylic acids is 1. The molecule has 1 amide bonds. The second kappa shape index (κ2) is 5.58. The van der Waals surface area contributed by atoms with Crippen LogP contribution in [0.4, 0.5) is 13.2 Å². The van der Waals surface area contributed by atoms with Gasteiger partial charge in [0.25, 0.3) is 0 Å². The highest BCUT2D eigenvalue weighted by Crippen LogP contribution is 2.31. The minimum atomic E-state index is -4.43. The minimum absolute atomic E-state index is 0.135. The molecule has 1 N–H and O–H groups in total. The third-order valence-electron chi connectivity index (χ3n) is 3.17. The van der Waals surface area contributed by atoms with Crippen LogP contribution < -0.4 is 0 Å². The standard InChI is InChI=1S/C11H16F3NO3/c1-15(6-11(12,13)14)9(16)7-3-2-4-8(5-7)10(17)18/h7-8H,2-6H2,1H3,(H,17,18)/t7-,8-/m1/s1. The lowest BCUT2D eigenvalue weighted by Gasteiger charge is -2.29. The van der Waals surface area contributed by atoms with Gasteiger partial charge in [0.15, 0.2) is 0 Å². The van der Waals surface area contributed by atoms with Crippen molar-refractivity contribution in [2.45, 2.75) is 31.9 Å². The second-order valence-corrected chi connectivity index (χ2v) is 4.71. The lowest BCUT2D eigenvalue weighted by molar-refractivity contribution is -0.162. The van der Waals surface area contributed by atoms with Gasteiger partial charge in [0.2, 0.25) is 5.91 Å². The summed E-state index contributed by atoms with van der Waals surface area (Å²) in [6, 6.07) is 0. The highest BCUT2D eigenvalue weighted by molar-refractivity contribution is 5.80. The average molecular weight is 267 g/mol. The molecule has 104 valence electrons. The summed E-state index contributed by atoms with van der Waals surface area (Å²) in [6.07, 6.45) is -2.78. The van der Waals surface area contributed by atoms with Crippen molar-refractivity contribution in [1.82, 2.24) is 4.90 Å². The van der Waals surface area contributed by atoms with Crippen molar-refractivity contribution < 1.29 is 27.9 Å². The molecule has 1 saturated carbocycles. The number of hydrogen-bond acceptors (Lipinski definition) is 2. The maximum Gasteiger partial charge on any atom is 0.406 e. The Morgan fingerprint density at radius 3 is 2.33 bits per heavy atom. The van der Waals surface area contributed by atoms with Gasteiger partial charge in [-0.2, -0.15) is 13.2 Å². The SMILES string of the molecule is CN(CC(F)(F)F)C(=O)[C@@H]1CCC[C@@H](C(=O)O)C1. The average Bonchev–Trinajstić information content (AvgIpc) is 2.26. The largest absolute Gasteiger partial charge is 0.481 e. The van der Waals surface area contributed by atoms with E-state index >= 15 is 0 Å². The number of carbonyl (C=O) groups is 2. The number of amides is 1. The monoisotopic (exact) mass is 267 g/mol. The van der Waals surface area contributed by atoms with Crippen LogP contribution in [-0.4, -0.2) is 41.7 Å². The Morgan fingerprint density at radius 1 is 1.28 bits per heavy atom. The van der Waals surface area contributed by atoms with Gasteiger partial charge in [-0.3, -0.25) is 9.59 Å². The molecule has 2 atom stereocenters. The van der Waals surface area contributed by atoms with Crippen LogP contribution >= 0.6 is 0 Å². The second-order valence-electron chi connectivity index (χ2n) is 4.71. The zero-order valence-corrected chi connectivity index (χ0v) is 10.0. The Morgan fingerprint density at radius 2 is 1.83 bits per heavy atom.